The summed E-state index contributed by atoms with van der Waals surface area (Å²) in [5.74, 6) is -1.35. The molecule has 2 fully saturated rings. The molecule has 2 aliphatic rings. The second kappa shape index (κ2) is 15.6. The van der Waals surface area contributed by atoms with Gasteiger partial charge in [-0.1, -0.05) is 115 Å². The van der Waals surface area contributed by atoms with Crippen LogP contribution in [-0.2, 0) is 29.9 Å². The van der Waals surface area contributed by atoms with E-state index in [0.29, 0.717) is 12.6 Å². The molecule has 0 aliphatic carbocycles. The zero-order chi connectivity index (χ0) is 33.8. The lowest BCUT2D eigenvalue weighted by Gasteiger charge is -2.54. The normalized spacial score (nSPS) is 21.3. The molecule has 2 amide bonds. The van der Waals surface area contributed by atoms with Crippen LogP contribution >= 0.6 is 7.26 Å². The van der Waals surface area contributed by atoms with Crippen molar-refractivity contribution in [2.45, 2.75) is 23.6 Å². The van der Waals surface area contributed by atoms with E-state index in [9.17, 15) is 18.6 Å². The number of ether oxygens (including phenoxy) is 1. The van der Waals surface area contributed by atoms with Crippen molar-refractivity contribution in [1.29, 1.82) is 0 Å². The zero-order valence-corrected chi connectivity index (χ0v) is 30.3. The number of hydrogen-bond donors (Lipinski definition) is 1. The number of carbonyl (C=O) groups excluding carboxylic acids is 3. The number of fused-ring (bicyclic) bond motifs is 1. The SMILES string of the molecule is O=CN[C@@H]1C(=O)N2C(C(=O)OC(c3ccccc3)c3ccccc3)C(C[P+](c3ccccc3)(c3ccccc3)c3ccccc3)C[S@](=O)[C@H]12.[Br-]. The standard InChI is InChI=1S/C40H35N2O5PS.BrH/c43-28-41-35-38(44)42-36(40(45)47-37(29-16-6-1-7-17-29)30-18-8-2-9-19-30)31(27-49(46)39(35)42)26-48(32-20-10-3-11-21-32,33-22-12-4-13-23-33)34-24-14-5-15-25-34;/h1-25,28,31,35-37,39H,26-27H2;1H/t31?,35-,36?,39-,49+;/m1./s1. The van der Waals surface area contributed by atoms with Crippen LogP contribution in [0.5, 0.6) is 0 Å². The van der Waals surface area contributed by atoms with E-state index in [4.69, 9.17) is 4.74 Å². The Hall–Kier alpha value is -4.43. The van der Waals surface area contributed by atoms with Gasteiger partial charge >= 0.3 is 5.97 Å². The molecule has 2 unspecified atom stereocenters. The highest BCUT2D eigenvalue weighted by Gasteiger charge is 2.63. The van der Waals surface area contributed by atoms with Crippen molar-refractivity contribution in [1.82, 2.24) is 10.2 Å². The largest absolute Gasteiger partial charge is 1.00 e. The molecule has 0 saturated carbocycles. The quantitative estimate of drug-likeness (QED) is 0.0950. The Kier molecular flexibility index (Phi) is 11.1. The van der Waals surface area contributed by atoms with Crippen molar-refractivity contribution < 1.29 is 40.3 Å². The second-order valence-corrected chi connectivity index (χ2v) is 17.4. The molecule has 7 rings (SSSR count). The first kappa shape index (κ1) is 35.4. The molecule has 0 bridgehead atoms. The molecule has 0 aromatic heterocycles. The molecule has 254 valence electrons. The highest BCUT2D eigenvalue weighted by molar-refractivity contribution is 7.95. The highest BCUT2D eigenvalue weighted by atomic mass is 79.9. The van der Waals surface area contributed by atoms with Gasteiger partial charge in [0.05, 0.1) is 6.16 Å². The number of nitrogens with zero attached hydrogens (tertiary/aromatic N) is 1. The summed E-state index contributed by atoms with van der Waals surface area (Å²) in [4.78, 5) is 41.4. The average Bonchev–Trinajstić information content (AvgIpc) is 3.16. The molecule has 0 spiro atoms. The summed E-state index contributed by atoms with van der Waals surface area (Å²) in [6.45, 7) is 0. The van der Waals surface area contributed by atoms with E-state index in [1.54, 1.807) is 0 Å². The number of halogens is 1. The fourth-order valence-corrected chi connectivity index (χ4v) is 14.0. The van der Waals surface area contributed by atoms with Crippen molar-refractivity contribution in [2.24, 2.45) is 5.92 Å². The van der Waals surface area contributed by atoms with E-state index >= 15 is 0 Å². The van der Waals surface area contributed by atoms with Crippen molar-refractivity contribution in [3.05, 3.63) is 163 Å². The molecule has 0 radical (unpaired) electrons. The molecule has 5 aromatic carbocycles. The molecule has 5 aromatic rings. The van der Waals surface area contributed by atoms with Crippen LogP contribution in [0.1, 0.15) is 17.2 Å². The molecule has 5 atom stereocenters. The first-order chi connectivity index (χ1) is 24.0. The first-order valence-corrected chi connectivity index (χ1v) is 19.6. The second-order valence-electron chi connectivity index (χ2n) is 12.3. The molecule has 10 heteroatoms. The third kappa shape index (κ3) is 6.58. The molecular weight excluding hydrogens is 731 g/mol. The van der Waals surface area contributed by atoms with E-state index in [2.05, 4.69) is 41.7 Å². The maximum atomic E-state index is 14.8. The Labute approximate surface area is 305 Å². The van der Waals surface area contributed by atoms with Gasteiger partial charge in [0, 0.05) is 22.5 Å². The van der Waals surface area contributed by atoms with Crippen molar-refractivity contribution >= 4 is 52.3 Å². The van der Waals surface area contributed by atoms with E-state index < -0.39 is 59.4 Å². The monoisotopic (exact) mass is 766 g/mol. The van der Waals surface area contributed by atoms with Crippen molar-refractivity contribution in [2.75, 3.05) is 11.9 Å². The Morgan fingerprint density at radius 1 is 0.760 bits per heavy atom. The van der Waals surface area contributed by atoms with Crippen LogP contribution in [0, 0.1) is 5.92 Å². The molecule has 7 nitrogen and oxygen atoms in total. The van der Waals surface area contributed by atoms with Gasteiger partial charge in [-0.15, -0.1) is 0 Å². The van der Waals surface area contributed by atoms with E-state index in [1.165, 1.54) is 4.90 Å². The van der Waals surface area contributed by atoms with Crippen LogP contribution in [0.2, 0.25) is 0 Å². The number of nitrogens with one attached hydrogen (secondary N) is 1. The summed E-state index contributed by atoms with van der Waals surface area (Å²) in [5, 5.41) is 5.08. The van der Waals surface area contributed by atoms with Crippen molar-refractivity contribution in [3.63, 3.8) is 0 Å². The summed E-state index contributed by atoms with van der Waals surface area (Å²) in [6, 6.07) is 48.0. The summed E-state index contributed by atoms with van der Waals surface area (Å²) in [7, 11) is -4.04. The topological polar surface area (TPSA) is 92.8 Å². The fourth-order valence-electron chi connectivity index (χ4n) is 7.31. The third-order valence-corrected chi connectivity index (χ3v) is 15.9. The number of benzene rings is 5. The Morgan fingerprint density at radius 3 is 1.60 bits per heavy atom. The minimum atomic E-state index is -2.50. The van der Waals surface area contributed by atoms with E-state index in [-0.39, 0.29) is 22.7 Å². The van der Waals surface area contributed by atoms with Crippen LogP contribution in [0.4, 0.5) is 0 Å². The van der Waals surface area contributed by atoms with Crippen LogP contribution in [0.15, 0.2) is 152 Å². The lowest BCUT2D eigenvalue weighted by atomic mass is 9.94. The minimum Gasteiger partial charge on any atom is -1.00 e. The van der Waals surface area contributed by atoms with Gasteiger partial charge in [0.1, 0.15) is 40.6 Å². The number of β-lactam (4-membered cyclic amide) rings is 1. The fraction of sp³-hybridized carbons (Fsp3) is 0.175. The van der Waals surface area contributed by atoms with Crippen LogP contribution in [0.25, 0.3) is 0 Å². The minimum absolute atomic E-state index is 0. The number of carbonyl (C=O) groups is 3. The molecule has 50 heavy (non-hydrogen) atoms. The molecule has 1 N–H and O–H groups in total. The first-order valence-electron chi connectivity index (χ1n) is 16.3. The van der Waals surface area contributed by atoms with Crippen molar-refractivity contribution in [3.8, 4) is 0 Å². The lowest BCUT2D eigenvalue weighted by molar-refractivity contribution is -0.170. The number of hydrogen-bond acceptors (Lipinski definition) is 5. The summed E-state index contributed by atoms with van der Waals surface area (Å²) in [6.07, 6.45) is 0.201. The van der Waals surface area contributed by atoms with Gasteiger partial charge in [0.2, 0.25) is 12.3 Å². The predicted octanol–water partition coefficient (Wildman–Crippen LogP) is 1.35. The van der Waals surface area contributed by atoms with Crippen LogP contribution < -0.4 is 38.2 Å². The van der Waals surface area contributed by atoms with E-state index in [0.717, 1.165) is 27.0 Å². The van der Waals surface area contributed by atoms with Crippen LogP contribution in [0.3, 0.4) is 0 Å². The molecule has 2 aliphatic heterocycles. The summed E-state index contributed by atoms with van der Waals surface area (Å²) in [5.41, 5.74) is 1.59. The van der Waals surface area contributed by atoms with E-state index in [1.807, 2.05) is 115 Å². The van der Waals surface area contributed by atoms with Gasteiger partial charge in [0.15, 0.2) is 6.10 Å². The van der Waals surface area contributed by atoms with Gasteiger partial charge in [-0.3, -0.25) is 13.8 Å². The summed E-state index contributed by atoms with van der Waals surface area (Å²) >= 11 is 0. The zero-order valence-electron chi connectivity index (χ0n) is 27.0. The summed E-state index contributed by atoms with van der Waals surface area (Å²) < 4.78 is 20.5. The molecular formula is C40H36BrN2O5PS. The average molecular weight is 768 g/mol. The van der Waals surface area contributed by atoms with Gasteiger partial charge in [-0.25, -0.2) is 4.79 Å². The number of esters is 1. The van der Waals surface area contributed by atoms with Gasteiger partial charge in [-0.05, 0) is 47.5 Å². The van der Waals surface area contributed by atoms with Crippen LogP contribution in [-0.4, -0.2) is 56.8 Å². The highest BCUT2D eigenvalue weighted by Crippen LogP contribution is 2.58. The molecule has 2 saturated heterocycles. The Bertz CT molecular complexity index is 1800. The predicted molar refractivity (Wildman–Crippen MR) is 195 cm³/mol. The molecule has 2 heterocycles. The lowest BCUT2D eigenvalue weighted by Crippen LogP contribution is -3.00. The van der Waals surface area contributed by atoms with Gasteiger partial charge in [-0.2, -0.15) is 0 Å². The maximum Gasteiger partial charge on any atom is 0.330 e. The number of rotatable bonds is 11. The van der Waals surface area contributed by atoms with Gasteiger partial charge < -0.3 is 31.9 Å². The third-order valence-electron chi connectivity index (χ3n) is 9.50. The van der Waals surface area contributed by atoms with Gasteiger partial charge in [0.25, 0.3) is 0 Å². The Balaban J connectivity index is 0.00000432. The number of amides is 2. The maximum absolute atomic E-state index is 14.8. The Morgan fingerprint density at radius 2 is 1.18 bits per heavy atom. The smallest absolute Gasteiger partial charge is 0.330 e.